The van der Waals surface area contributed by atoms with Crippen molar-refractivity contribution in [2.45, 2.75) is 77.8 Å². The lowest BCUT2D eigenvalue weighted by Gasteiger charge is -2.19. The molecule has 0 atom stereocenters. The number of hydrogen-bond acceptors (Lipinski definition) is 2. The molecule has 0 radical (unpaired) electrons. The number of hydrogen-bond donors (Lipinski definition) is 0. The summed E-state index contributed by atoms with van der Waals surface area (Å²) < 4.78 is 5.44. The van der Waals surface area contributed by atoms with Crippen molar-refractivity contribution in [2.75, 3.05) is 0 Å². The molecular weight excluding hydrogens is 625 g/mol. The van der Waals surface area contributed by atoms with Crippen LogP contribution < -0.4 is 0 Å². The standard InChI is InChI=1S/C42H42S2Si2/c1-7-45(8-2,9-3)23-21-29-13-19-39-37(25-29)33-17-15-31-28-36-32(27-35(31)41(33)43-39)16-18-34-38-26-30(14-20-40(38)44-42(34)36)22-24-46(10-4,11-5)12-6/h13-20,25-28H,7-12H2,1-6H3. The van der Waals surface area contributed by atoms with Gasteiger partial charge in [-0.25, -0.2) is 0 Å². The number of rotatable bonds is 6. The Kier molecular flexibility index (Phi) is 8.37. The Morgan fingerprint density at radius 2 is 0.826 bits per heavy atom. The van der Waals surface area contributed by atoms with Crippen molar-refractivity contribution in [3.63, 3.8) is 0 Å². The van der Waals surface area contributed by atoms with Gasteiger partial charge in [0.05, 0.1) is 0 Å². The molecule has 0 aliphatic carbocycles. The second-order valence-electron chi connectivity index (χ2n) is 13.0. The van der Waals surface area contributed by atoms with Gasteiger partial charge in [0.25, 0.3) is 0 Å². The highest BCUT2D eigenvalue weighted by Crippen LogP contribution is 2.43. The third-order valence-corrected chi connectivity index (χ3v) is 22.9. The first-order chi connectivity index (χ1) is 22.4. The van der Waals surface area contributed by atoms with E-state index >= 15 is 0 Å². The van der Waals surface area contributed by atoms with E-state index in [9.17, 15) is 0 Å². The van der Waals surface area contributed by atoms with Gasteiger partial charge in [-0.15, -0.1) is 33.8 Å². The summed E-state index contributed by atoms with van der Waals surface area (Å²) in [7, 11) is -2.96. The highest BCUT2D eigenvalue weighted by molar-refractivity contribution is 7.27. The second kappa shape index (κ2) is 12.3. The van der Waals surface area contributed by atoms with Gasteiger partial charge in [0.15, 0.2) is 0 Å². The van der Waals surface area contributed by atoms with E-state index in [4.69, 9.17) is 0 Å². The van der Waals surface area contributed by atoms with Crippen molar-refractivity contribution in [3.05, 3.63) is 83.9 Å². The number of fused-ring (bicyclic) bond motifs is 10. The van der Waals surface area contributed by atoms with Crippen LogP contribution in [0.5, 0.6) is 0 Å². The normalized spacial score (nSPS) is 12.3. The van der Waals surface area contributed by atoms with Crippen LogP contribution in [0.2, 0.25) is 36.3 Å². The molecule has 0 fully saturated rings. The maximum absolute atomic E-state index is 3.79. The Labute approximate surface area is 283 Å². The fourth-order valence-corrected chi connectivity index (χ4v) is 14.5. The van der Waals surface area contributed by atoms with Crippen molar-refractivity contribution in [2.24, 2.45) is 0 Å². The Bertz CT molecular complexity index is 2220. The average Bonchev–Trinajstić information content (AvgIpc) is 3.67. The van der Waals surface area contributed by atoms with Crippen LogP contribution in [0.3, 0.4) is 0 Å². The summed E-state index contributed by atoms with van der Waals surface area (Å²) >= 11 is 3.84. The molecule has 0 amide bonds. The molecule has 0 bridgehead atoms. The molecule has 0 saturated carbocycles. The monoisotopic (exact) mass is 666 g/mol. The first-order valence-corrected chi connectivity index (χ1v) is 24.0. The molecule has 0 N–H and O–H groups in total. The van der Waals surface area contributed by atoms with E-state index in [0.29, 0.717) is 0 Å². The quantitative estimate of drug-likeness (QED) is 0.0941. The summed E-state index contributed by atoms with van der Waals surface area (Å²) in [5.74, 6) is 7.22. The molecule has 2 heterocycles. The van der Waals surface area contributed by atoms with Crippen LogP contribution in [0.1, 0.15) is 52.7 Å². The second-order valence-corrected chi connectivity index (χ2v) is 25.0. The Morgan fingerprint density at radius 3 is 1.20 bits per heavy atom. The molecular formula is C42H42S2Si2. The highest BCUT2D eigenvalue weighted by Gasteiger charge is 2.25. The van der Waals surface area contributed by atoms with Gasteiger partial charge in [-0.1, -0.05) is 77.6 Å². The molecule has 7 rings (SSSR count). The van der Waals surface area contributed by atoms with E-state index in [1.807, 2.05) is 22.7 Å². The maximum Gasteiger partial charge on any atom is 0.138 e. The van der Waals surface area contributed by atoms with Crippen molar-refractivity contribution < 1.29 is 0 Å². The van der Waals surface area contributed by atoms with Gasteiger partial charge >= 0.3 is 0 Å². The Morgan fingerprint density at radius 1 is 0.435 bits per heavy atom. The van der Waals surface area contributed by atoms with Gasteiger partial charge in [-0.2, -0.15) is 0 Å². The zero-order valence-corrected chi connectivity index (χ0v) is 31.6. The largest absolute Gasteiger partial charge is 0.138 e. The predicted octanol–water partition coefficient (Wildman–Crippen LogP) is 13.5. The van der Waals surface area contributed by atoms with Crippen LogP contribution >= 0.6 is 22.7 Å². The van der Waals surface area contributed by atoms with E-state index in [1.54, 1.807) is 0 Å². The summed E-state index contributed by atoms with van der Waals surface area (Å²) in [6.07, 6.45) is 0. The lowest BCUT2D eigenvalue weighted by atomic mass is 9.99. The summed E-state index contributed by atoms with van der Waals surface area (Å²) in [4.78, 5) is 0. The van der Waals surface area contributed by atoms with Gasteiger partial charge in [0.2, 0.25) is 0 Å². The molecule has 0 saturated heterocycles. The van der Waals surface area contributed by atoms with Crippen LogP contribution in [-0.4, -0.2) is 16.1 Å². The third kappa shape index (κ3) is 5.21. The lowest BCUT2D eigenvalue weighted by Crippen LogP contribution is -2.29. The molecule has 5 aromatic carbocycles. The smallest absolute Gasteiger partial charge is 0.135 e. The zero-order valence-electron chi connectivity index (χ0n) is 28.0. The third-order valence-electron chi connectivity index (χ3n) is 11.0. The van der Waals surface area contributed by atoms with Gasteiger partial charge in [-0.05, 0) is 95.6 Å². The summed E-state index contributed by atoms with van der Waals surface area (Å²) in [5.41, 5.74) is 9.88. The Hall–Kier alpha value is -3.39. The lowest BCUT2D eigenvalue weighted by molar-refractivity contribution is 1.20. The van der Waals surface area contributed by atoms with Gasteiger partial charge < -0.3 is 0 Å². The molecule has 0 aliphatic heterocycles. The Balaban J connectivity index is 1.34. The van der Waals surface area contributed by atoms with Gasteiger partial charge in [0, 0.05) is 62.2 Å². The predicted molar refractivity (Wildman–Crippen MR) is 215 cm³/mol. The van der Waals surface area contributed by atoms with E-state index in [2.05, 4.69) is 137 Å². The van der Waals surface area contributed by atoms with Crippen LogP contribution in [0, 0.1) is 22.9 Å². The van der Waals surface area contributed by atoms with Crippen molar-refractivity contribution >= 4 is 101 Å². The van der Waals surface area contributed by atoms with Gasteiger partial charge in [-0.3, -0.25) is 0 Å². The van der Waals surface area contributed by atoms with Crippen molar-refractivity contribution in [1.82, 2.24) is 0 Å². The fourth-order valence-electron chi connectivity index (χ4n) is 7.21. The molecule has 230 valence electrons. The van der Waals surface area contributed by atoms with E-state index < -0.39 is 16.1 Å². The van der Waals surface area contributed by atoms with E-state index in [-0.39, 0.29) is 0 Å². The van der Waals surface area contributed by atoms with Crippen LogP contribution in [-0.2, 0) is 0 Å². The van der Waals surface area contributed by atoms with E-state index in [1.165, 1.54) is 98.2 Å². The zero-order chi connectivity index (χ0) is 32.1. The topological polar surface area (TPSA) is 0 Å². The minimum atomic E-state index is -1.48. The van der Waals surface area contributed by atoms with Crippen molar-refractivity contribution in [3.8, 4) is 22.9 Å². The van der Waals surface area contributed by atoms with Crippen molar-refractivity contribution in [1.29, 1.82) is 0 Å². The maximum atomic E-state index is 3.79. The summed E-state index contributed by atoms with van der Waals surface area (Å²) in [5, 5.41) is 10.7. The van der Waals surface area contributed by atoms with Crippen LogP contribution in [0.4, 0.5) is 0 Å². The first kappa shape index (κ1) is 31.2. The minimum Gasteiger partial charge on any atom is -0.135 e. The molecule has 4 heteroatoms. The van der Waals surface area contributed by atoms with Crippen LogP contribution in [0.25, 0.3) is 61.9 Å². The van der Waals surface area contributed by atoms with Crippen LogP contribution in [0.15, 0.2) is 72.8 Å². The molecule has 7 aromatic rings. The summed E-state index contributed by atoms with van der Waals surface area (Å²) in [6.45, 7) is 14.0. The summed E-state index contributed by atoms with van der Waals surface area (Å²) in [6, 6.07) is 35.3. The van der Waals surface area contributed by atoms with Gasteiger partial charge in [0.1, 0.15) is 16.1 Å². The molecule has 0 unspecified atom stereocenters. The van der Waals surface area contributed by atoms with E-state index in [0.717, 1.165) is 11.1 Å². The fraction of sp³-hybridized carbons (Fsp3) is 0.286. The molecule has 0 aliphatic rings. The number of benzene rings is 5. The number of thiophene rings is 2. The average molecular weight is 667 g/mol. The first-order valence-electron chi connectivity index (χ1n) is 17.1. The highest BCUT2D eigenvalue weighted by atomic mass is 32.1. The SMILES string of the molecule is CC[Si](C#Cc1ccc2sc3c4cc5ccc6c7cc(C#C[Si](CC)(CC)CC)ccc7sc6c5cc4ccc3c2c1)(CC)CC. The molecule has 0 spiro atoms. The molecule has 2 aromatic heterocycles. The molecule has 46 heavy (non-hydrogen) atoms. The minimum absolute atomic E-state index is 1.15. The molecule has 0 nitrogen and oxygen atoms in total.